The zero-order valence-electron chi connectivity index (χ0n) is 16.2. The van der Waals surface area contributed by atoms with E-state index in [1.165, 1.54) is 12.1 Å². The minimum Gasteiger partial charge on any atom is -0.346 e. The average Bonchev–Trinajstić information content (AvgIpc) is 2.73. The number of benzene rings is 2. The number of carbonyl (C=O) groups excluding carboxylic acids is 2. The standard InChI is InChI=1S/C22H26FN3O2/c1-15(16-8-10-20(23)11-9-16)25-21(27)18-6-3-5-17(13-18)19-7-4-12-26(14-19)22(28)24-2/h3,5-6,8-11,13,15,19H,4,7,12,14H2,1-2H3,(H,24,28)(H,25,27)/t15-,19-/m0/s1. The smallest absolute Gasteiger partial charge is 0.317 e. The van der Waals surface area contributed by atoms with Crippen LogP contribution in [-0.4, -0.2) is 37.0 Å². The van der Waals surface area contributed by atoms with E-state index in [1.807, 2.05) is 30.0 Å². The molecule has 6 heteroatoms. The average molecular weight is 383 g/mol. The number of likely N-dealkylation sites (tertiary alicyclic amines) is 1. The van der Waals surface area contributed by atoms with E-state index < -0.39 is 0 Å². The van der Waals surface area contributed by atoms with E-state index >= 15 is 0 Å². The lowest BCUT2D eigenvalue weighted by Gasteiger charge is -2.32. The third-order valence-corrected chi connectivity index (χ3v) is 5.26. The lowest BCUT2D eigenvalue weighted by Crippen LogP contribution is -2.43. The first kappa shape index (κ1) is 19.9. The molecule has 0 unspecified atom stereocenters. The lowest BCUT2D eigenvalue weighted by molar-refractivity contribution is 0.0939. The van der Waals surface area contributed by atoms with Crippen LogP contribution >= 0.6 is 0 Å². The molecule has 0 radical (unpaired) electrons. The third-order valence-electron chi connectivity index (χ3n) is 5.26. The minimum atomic E-state index is -0.298. The summed E-state index contributed by atoms with van der Waals surface area (Å²) in [5.41, 5.74) is 2.50. The van der Waals surface area contributed by atoms with E-state index in [2.05, 4.69) is 10.6 Å². The van der Waals surface area contributed by atoms with Gasteiger partial charge < -0.3 is 15.5 Å². The number of halogens is 1. The number of nitrogens with zero attached hydrogens (tertiary/aromatic N) is 1. The Morgan fingerprint density at radius 3 is 2.64 bits per heavy atom. The van der Waals surface area contributed by atoms with Crippen LogP contribution in [0.1, 0.15) is 53.2 Å². The van der Waals surface area contributed by atoms with Gasteiger partial charge in [0.2, 0.25) is 0 Å². The van der Waals surface area contributed by atoms with Crippen LogP contribution < -0.4 is 10.6 Å². The van der Waals surface area contributed by atoms with Crippen molar-refractivity contribution < 1.29 is 14.0 Å². The molecule has 1 fully saturated rings. The first-order valence-electron chi connectivity index (χ1n) is 9.61. The van der Waals surface area contributed by atoms with E-state index in [1.54, 1.807) is 25.2 Å². The maximum Gasteiger partial charge on any atom is 0.317 e. The molecule has 2 aromatic carbocycles. The summed E-state index contributed by atoms with van der Waals surface area (Å²) in [6, 6.07) is 13.4. The fourth-order valence-electron chi connectivity index (χ4n) is 3.64. The highest BCUT2D eigenvalue weighted by Crippen LogP contribution is 2.27. The normalized spacial score (nSPS) is 17.7. The number of urea groups is 1. The molecule has 28 heavy (non-hydrogen) atoms. The second-order valence-corrected chi connectivity index (χ2v) is 7.21. The molecule has 1 heterocycles. The van der Waals surface area contributed by atoms with Gasteiger partial charge in [0, 0.05) is 31.6 Å². The molecule has 0 bridgehead atoms. The fraction of sp³-hybridized carbons (Fsp3) is 0.364. The number of carbonyl (C=O) groups is 2. The zero-order chi connectivity index (χ0) is 20.1. The summed E-state index contributed by atoms with van der Waals surface area (Å²) in [5, 5.41) is 5.64. The molecule has 2 N–H and O–H groups in total. The maximum atomic E-state index is 13.1. The molecule has 1 aliphatic rings. The molecule has 0 spiro atoms. The van der Waals surface area contributed by atoms with Gasteiger partial charge in [-0.3, -0.25) is 4.79 Å². The van der Waals surface area contributed by atoms with Gasteiger partial charge in [-0.2, -0.15) is 0 Å². The van der Waals surface area contributed by atoms with E-state index in [0.717, 1.165) is 30.5 Å². The highest BCUT2D eigenvalue weighted by atomic mass is 19.1. The van der Waals surface area contributed by atoms with Gasteiger partial charge in [-0.05, 0) is 55.2 Å². The van der Waals surface area contributed by atoms with Crippen LogP contribution in [0.25, 0.3) is 0 Å². The van der Waals surface area contributed by atoms with E-state index in [0.29, 0.717) is 12.1 Å². The van der Waals surface area contributed by atoms with Crippen molar-refractivity contribution in [2.75, 3.05) is 20.1 Å². The van der Waals surface area contributed by atoms with Crippen molar-refractivity contribution in [1.82, 2.24) is 15.5 Å². The molecule has 0 aliphatic carbocycles. The first-order chi connectivity index (χ1) is 13.5. The summed E-state index contributed by atoms with van der Waals surface area (Å²) < 4.78 is 13.1. The maximum absolute atomic E-state index is 13.1. The van der Waals surface area contributed by atoms with Crippen molar-refractivity contribution in [3.63, 3.8) is 0 Å². The Balaban J connectivity index is 1.69. The molecule has 1 saturated heterocycles. The zero-order valence-corrected chi connectivity index (χ0v) is 16.2. The summed E-state index contributed by atoms with van der Waals surface area (Å²) in [4.78, 5) is 26.4. The van der Waals surface area contributed by atoms with E-state index in [4.69, 9.17) is 0 Å². The third kappa shape index (κ3) is 4.68. The van der Waals surface area contributed by atoms with E-state index in [-0.39, 0.29) is 29.7 Å². The highest BCUT2D eigenvalue weighted by molar-refractivity contribution is 5.94. The lowest BCUT2D eigenvalue weighted by atomic mass is 9.89. The minimum absolute atomic E-state index is 0.0632. The van der Waals surface area contributed by atoms with Gasteiger partial charge in [-0.25, -0.2) is 9.18 Å². The predicted molar refractivity (Wildman–Crippen MR) is 107 cm³/mol. The quantitative estimate of drug-likeness (QED) is 0.843. The van der Waals surface area contributed by atoms with Crippen molar-refractivity contribution in [1.29, 1.82) is 0 Å². The van der Waals surface area contributed by atoms with Gasteiger partial charge in [-0.1, -0.05) is 24.3 Å². The van der Waals surface area contributed by atoms with Crippen LogP contribution in [0.3, 0.4) is 0 Å². The summed E-state index contributed by atoms with van der Waals surface area (Å²) in [5.74, 6) is -0.251. The summed E-state index contributed by atoms with van der Waals surface area (Å²) >= 11 is 0. The van der Waals surface area contributed by atoms with Gasteiger partial charge in [0.25, 0.3) is 5.91 Å². The summed E-state index contributed by atoms with van der Waals surface area (Å²) in [7, 11) is 1.64. The van der Waals surface area contributed by atoms with Gasteiger partial charge >= 0.3 is 6.03 Å². The Labute approximate surface area is 164 Å². The molecule has 2 aromatic rings. The molecule has 3 amide bonds. The van der Waals surface area contributed by atoms with Gasteiger partial charge in [0.15, 0.2) is 0 Å². The second-order valence-electron chi connectivity index (χ2n) is 7.21. The number of rotatable bonds is 4. The van der Waals surface area contributed by atoms with Crippen molar-refractivity contribution >= 4 is 11.9 Å². The van der Waals surface area contributed by atoms with Crippen molar-refractivity contribution in [3.8, 4) is 0 Å². The molecule has 0 aromatic heterocycles. The molecule has 0 saturated carbocycles. The van der Waals surface area contributed by atoms with Crippen LogP contribution in [0.4, 0.5) is 9.18 Å². The number of piperidine rings is 1. The molecule has 1 aliphatic heterocycles. The molecule has 2 atom stereocenters. The van der Waals surface area contributed by atoms with E-state index in [9.17, 15) is 14.0 Å². The molecule has 3 rings (SSSR count). The Morgan fingerprint density at radius 2 is 1.93 bits per heavy atom. The predicted octanol–water partition coefficient (Wildman–Crippen LogP) is 3.84. The van der Waals surface area contributed by atoms with Crippen molar-refractivity contribution in [2.24, 2.45) is 0 Å². The summed E-state index contributed by atoms with van der Waals surface area (Å²) in [6.07, 6.45) is 1.93. The first-order valence-corrected chi connectivity index (χ1v) is 9.61. The number of amides is 3. The largest absolute Gasteiger partial charge is 0.346 e. The van der Waals surface area contributed by atoms with Crippen LogP contribution in [0.5, 0.6) is 0 Å². The fourth-order valence-corrected chi connectivity index (χ4v) is 3.64. The SMILES string of the molecule is CNC(=O)N1CCC[C@H](c2cccc(C(=O)N[C@@H](C)c3ccc(F)cc3)c2)C1. The topological polar surface area (TPSA) is 61.4 Å². The molecule has 5 nitrogen and oxygen atoms in total. The second kappa shape index (κ2) is 8.87. The Bertz CT molecular complexity index is 838. The van der Waals surface area contributed by atoms with Crippen LogP contribution in [0.2, 0.25) is 0 Å². The molecular weight excluding hydrogens is 357 g/mol. The Kier molecular flexibility index (Phi) is 6.29. The van der Waals surface area contributed by atoms with Crippen molar-refractivity contribution in [2.45, 2.75) is 31.7 Å². The van der Waals surface area contributed by atoms with Crippen molar-refractivity contribution in [3.05, 3.63) is 71.0 Å². The monoisotopic (exact) mass is 383 g/mol. The van der Waals surface area contributed by atoms with Crippen LogP contribution in [-0.2, 0) is 0 Å². The highest BCUT2D eigenvalue weighted by Gasteiger charge is 2.24. The van der Waals surface area contributed by atoms with Crippen LogP contribution in [0, 0.1) is 5.82 Å². The Hall–Kier alpha value is -2.89. The van der Waals surface area contributed by atoms with Gasteiger partial charge in [-0.15, -0.1) is 0 Å². The number of hydrogen-bond acceptors (Lipinski definition) is 2. The number of hydrogen-bond donors (Lipinski definition) is 2. The molecule has 148 valence electrons. The van der Waals surface area contributed by atoms with Gasteiger partial charge in [0.1, 0.15) is 5.82 Å². The van der Waals surface area contributed by atoms with Gasteiger partial charge in [0.05, 0.1) is 6.04 Å². The number of nitrogens with one attached hydrogen (secondary N) is 2. The summed E-state index contributed by atoms with van der Waals surface area (Å²) in [6.45, 7) is 3.28. The van der Waals surface area contributed by atoms with Crippen LogP contribution in [0.15, 0.2) is 48.5 Å². The Morgan fingerprint density at radius 1 is 1.18 bits per heavy atom. The molecular formula is C22H26FN3O2.